The van der Waals surface area contributed by atoms with Crippen molar-refractivity contribution in [2.45, 2.75) is 17.9 Å². The number of hydrogen-bond acceptors (Lipinski definition) is 3. The largest absolute Gasteiger partial charge is 0.492 e. The van der Waals surface area contributed by atoms with Crippen LogP contribution in [0.3, 0.4) is 0 Å². The van der Waals surface area contributed by atoms with E-state index in [4.69, 9.17) is 16.3 Å². The highest BCUT2D eigenvalue weighted by Gasteiger charge is 2.09. The predicted molar refractivity (Wildman–Crippen MR) is 84.7 cm³/mol. The normalized spacial score (nSPS) is 12.2. The summed E-state index contributed by atoms with van der Waals surface area (Å²) in [7, 11) is 0. The average molecular weight is 309 g/mol. The van der Waals surface area contributed by atoms with E-state index in [2.05, 4.69) is 12.1 Å². The molecule has 2 aromatic carbocycles. The molecule has 0 aliphatic heterocycles. The second-order valence-electron chi connectivity index (χ2n) is 4.37. The lowest BCUT2D eigenvalue weighted by Crippen LogP contribution is -2.04. The van der Waals surface area contributed by atoms with Gasteiger partial charge in [0.1, 0.15) is 5.75 Å². The van der Waals surface area contributed by atoms with E-state index >= 15 is 0 Å². The molecule has 0 fully saturated rings. The second-order valence-corrected chi connectivity index (χ2v) is 5.97. The Balaban J connectivity index is 1.88. The van der Waals surface area contributed by atoms with E-state index in [1.807, 2.05) is 18.2 Å². The molecule has 0 bridgehead atoms. The summed E-state index contributed by atoms with van der Waals surface area (Å²) in [5.74, 6) is 1.55. The summed E-state index contributed by atoms with van der Waals surface area (Å²) in [4.78, 5) is 1.22. The first-order chi connectivity index (χ1) is 9.66. The van der Waals surface area contributed by atoms with E-state index in [9.17, 15) is 5.11 Å². The third kappa shape index (κ3) is 4.44. The predicted octanol–water partition coefficient (Wildman–Crippen LogP) is 4.56. The summed E-state index contributed by atoms with van der Waals surface area (Å²) in [5, 5.41) is 10.3. The van der Waals surface area contributed by atoms with Crippen LogP contribution in [0.5, 0.6) is 5.75 Å². The zero-order valence-electron chi connectivity index (χ0n) is 11.3. The van der Waals surface area contributed by atoms with Gasteiger partial charge in [-0.05, 0) is 37.3 Å². The first kappa shape index (κ1) is 15.2. The molecule has 1 N–H and O–H groups in total. The molecular weight excluding hydrogens is 292 g/mol. The van der Waals surface area contributed by atoms with Crippen LogP contribution in [-0.4, -0.2) is 17.5 Å². The first-order valence-electron chi connectivity index (χ1n) is 6.45. The Morgan fingerprint density at radius 3 is 2.65 bits per heavy atom. The quantitative estimate of drug-likeness (QED) is 0.626. The molecule has 0 heterocycles. The van der Waals surface area contributed by atoms with Gasteiger partial charge in [0.05, 0.1) is 12.7 Å². The monoisotopic (exact) mass is 308 g/mol. The molecular formula is C16H17ClO2S. The number of aliphatic hydroxyl groups excluding tert-OH is 1. The second kappa shape index (κ2) is 7.58. The minimum atomic E-state index is -0.592. The molecule has 1 atom stereocenters. The van der Waals surface area contributed by atoms with E-state index in [1.54, 1.807) is 36.9 Å². The number of benzene rings is 2. The van der Waals surface area contributed by atoms with Gasteiger partial charge in [0.15, 0.2) is 0 Å². The average Bonchev–Trinajstić information content (AvgIpc) is 2.45. The summed E-state index contributed by atoms with van der Waals surface area (Å²) >= 11 is 7.67. The van der Waals surface area contributed by atoms with Crippen molar-refractivity contribution in [1.82, 2.24) is 0 Å². The third-order valence-electron chi connectivity index (χ3n) is 2.77. The van der Waals surface area contributed by atoms with Gasteiger partial charge in [-0.25, -0.2) is 0 Å². The van der Waals surface area contributed by atoms with Crippen LogP contribution >= 0.6 is 23.4 Å². The highest BCUT2D eigenvalue weighted by atomic mass is 35.5. The summed E-state index contributed by atoms with van der Waals surface area (Å²) in [6.45, 7) is 2.29. The number of ether oxygens (including phenoxy) is 1. The van der Waals surface area contributed by atoms with Gasteiger partial charge in [0, 0.05) is 21.2 Å². The zero-order valence-corrected chi connectivity index (χ0v) is 12.8. The summed E-state index contributed by atoms with van der Waals surface area (Å²) < 4.78 is 5.74. The number of halogens is 1. The number of rotatable bonds is 6. The van der Waals surface area contributed by atoms with Crippen molar-refractivity contribution in [2.75, 3.05) is 12.4 Å². The Labute approximate surface area is 128 Å². The van der Waals surface area contributed by atoms with Crippen LogP contribution in [0.4, 0.5) is 0 Å². The van der Waals surface area contributed by atoms with E-state index in [0.29, 0.717) is 17.4 Å². The Bertz CT molecular complexity index is 543. The Kier molecular flexibility index (Phi) is 5.77. The van der Waals surface area contributed by atoms with Gasteiger partial charge in [-0.1, -0.05) is 29.8 Å². The topological polar surface area (TPSA) is 29.5 Å². The molecule has 0 aliphatic rings. The van der Waals surface area contributed by atoms with Crippen LogP contribution in [0.1, 0.15) is 18.6 Å². The molecule has 0 aromatic heterocycles. The Morgan fingerprint density at radius 2 is 1.95 bits per heavy atom. The van der Waals surface area contributed by atoms with Crippen LogP contribution < -0.4 is 4.74 Å². The van der Waals surface area contributed by atoms with Gasteiger partial charge < -0.3 is 9.84 Å². The SMILES string of the molecule is C[C@@H](O)c1cc(Cl)ccc1OCCSc1ccccc1. The molecule has 2 rings (SSSR count). The molecule has 0 aliphatic carbocycles. The van der Waals surface area contributed by atoms with E-state index in [0.717, 1.165) is 11.3 Å². The lowest BCUT2D eigenvalue weighted by Gasteiger charge is -2.13. The molecule has 20 heavy (non-hydrogen) atoms. The molecule has 0 saturated heterocycles. The van der Waals surface area contributed by atoms with Crippen LogP contribution in [0.15, 0.2) is 53.4 Å². The Morgan fingerprint density at radius 1 is 1.20 bits per heavy atom. The van der Waals surface area contributed by atoms with E-state index < -0.39 is 6.10 Å². The standard InChI is InChI=1S/C16H17ClO2S/c1-12(18)15-11-13(17)7-8-16(15)19-9-10-20-14-5-3-2-4-6-14/h2-8,11-12,18H,9-10H2,1H3/t12-/m1/s1. The van der Waals surface area contributed by atoms with Gasteiger partial charge in [0.25, 0.3) is 0 Å². The molecule has 0 saturated carbocycles. The number of aliphatic hydroxyl groups is 1. The molecule has 0 unspecified atom stereocenters. The number of thioether (sulfide) groups is 1. The highest BCUT2D eigenvalue weighted by Crippen LogP contribution is 2.28. The van der Waals surface area contributed by atoms with Gasteiger partial charge in [-0.2, -0.15) is 0 Å². The lowest BCUT2D eigenvalue weighted by atomic mass is 10.1. The van der Waals surface area contributed by atoms with Crippen molar-refractivity contribution in [3.63, 3.8) is 0 Å². The van der Waals surface area contributed by atoms with Crippen LogP contribution in [-0.2, 0) is 0 Å². The Hall–Kier alpha value is -1.16. The van der Waals surface area contributed by atoms with Crippen molar-refractivity contribution in [3.05, 3.63) is 59.1 Å². The fourth-order valence-electron chi connectivity index (χ4n) is 1.81. The van der Waals surface area contributed by atoms with Gasteiger partial charge >= 0.3 is 0 Å². The maximum absolute atomic E-state index is 9.72. The van der Waals surface area contributed by atoms with Crippen molar-refractivity contribution >= 4 is 23.4 Å². The smallest absolute Gasteiger partial charge is 0.125 e. The summed E-state index contributed by atoms with van der Waals surface area (Å²) in [5.41, 5.74) is 0.724. The van der Waals surface area contributed by atoms with E-state index in [1.165, 1.54) is 4.90 Å². The van der Waals surface area contributed by atoms with E-state index in [-0.39, 0.29) is 0 Å². The van der Waals surface area contributed by atoms with Crippen LogP contribution in [0.2, 0.25) is 5.02 Å². The minimum Gasteiger partial charge on any atom is -0.492 e. The molecule has 2 aromatic rings. The van der Waals surface area contributed by atoms with Gasteiger partial charge in [-0.3, -0.25) is 0 Å². The fourth-order valence-corrected chi connectivity index (χ4v) is 2.74. The van der Waals surface area contributed by atoms with Gasteiger partial charge in [0.2, 0.25) is 0 Å². The molecule has 4 heteroatoms. The molecule has 2 nitrogen and oxygen atoms in total. The maximum atomic E-state index is 9.72. The number of hydrogen-bond donors (Lipinski definition) is 1. The maximum Gasteiger partial charge on any atom is 0.125 e. The lowest BCUT2D eigenvalue weighted by molar-refractivity contribution is 0.192. The van der Waals surface area contributed by atoms with Crippen LogP contribution in [0, 0.1) is 0 Å². The third-order valence-corrected chi connectivity index (χ3v) is 3.99. The first-order valence-corrected chi connectivity index (χ1v) is 7.81. The van der Waals surface area contributed by atoms with Gasteiger partial charge in [-0.15, -0.1) is 11.8 Å². The van der Waals surface area contributed by atoms with Crippen molar-refractivity contribution in [3.8, 4) is 5.75 Å². The summed E-state index contributed by atoms with van der Waals surface area (Å²) in [6, 6.07) is 15.5. The van der Waals surface area contributed by atoms with Crippen molar-refractivity contribution in [1.29, 1.82) is 0 Å². The van der Waals surface area contributed by atoms with Crippen LogP contribution in [0.25, 0.3) is 0 Å². The zero-order chi connectivity index (χ0) is 14.4. The minimum absolute atomic E-state index is 0.584. The molecule has 0 amide bonds. The highest BCUT2D eigenvalue weighted by molar-refractivity contribution is 7.99. The van der Waals surface area contributed by atoms with Crippen molar-refractivity contribution in [2.24, 2.45) is 0 Å². The molecule has 106 valence electrons. The van der Waals surface area contributed by atoms with Crippen molar-refractivity contribution < 1.29 is 9.84 Å². The molecule has 0 radical (unpaired) electrons. The fraction of sp³-hybridized carbons (Fsp3) is 0.250. The summed E-state index contributed by atoms with van der Waals surface area (Å²) in [6.07, 6.45) is -0.592. The molecule has 0 spiro atoms.